The molecule has 0 bridgehead atoms. The van der Waals surface area contributed by atoms with Crippen LogP contribution in [0.25, 0.3) is 0 Å². The third-order valence-corrected chi connectivity index (χ3v) is 3.32. The van der Waals surface area contributed by atoms with Gasteiger partial charge >= 0.3 is 0 Å². The molecular weight excluding hydrogens is 240 g/mol. The van der Waals surface area contributed by atoms with Gasteiger partial charge in [-0.2, -0.15) is 0 Å². The Morgan fingerprint density at radius 2 is 2.26 bits per heavy atom. The quantitative estimate of drug-likeness (QED) is 0.904. The second-order valence-corrected chi connectivity index (χ2v) is 5.39. The van der Waals surface area contributed by atoms with E-state index >= 15 is 0 Å². The summed E-state index contributed by atoms with van der Waals surface area (Å²) in [6, 6.07) is 6.19. The van der Waals surface area contributed by atoms with Crippen LogP contribution < -0.4 is 5.32 Å². The number of nitrogens with one attached hydrogen (secondary N) is 1. The minimum atomic E-state index is -0.0345. The third-order valence-electron chi connectivity index (χ3n) is 3.32. The second kappa shape index (κ2) is 6.17. The minimum absolute atomic E-state index is 0.0345. The molecule has 0 saturated carbocycles. The van der Waals surface area contributed by atoms with E-state index in [4.69, 9.17) is 4.74 Å². The van der Waals surface area contributed by atoms with Crippen molar-refractivity contribution in [2.24, 2.45) is 0 Å². The van der Waals surface area contributed by atoms with E-state index in [2.05, 4.69) is 36.4 Å². The van der Waals surface area contributed by atoms with E-state index in [0.717, 1.165) is 31.9 Å². The first kappa shape index (κ1) is 14.0. The van der Waals surface area contributed by atoms with Gasteiger partial charge in [-0.15, -0.1) is 0 Å². The Morgan fingerprint density at radius 1 is 1.47 bits per heavy atom. The van der Waals surface area contributed by atoms with Gasteiger partial charge in [-0.25, -0.2) is 0 Å². The van der Waals surface area contributed by atoms with Crippen molar-refractivity contribution in [2.45, 2.75) is 25.8 Å². The van der Waals surface area contributed by atoms with Crippen LogP contribution in [0.4, 0.5) is 5.69 Å². The van der Waals surface area contributed by atoms with Crippen molar-refractivity contribution in [2.75, 3.05) is 32.6 Å². The Hall–Kier alpha value is -1.39. The monoisotopic (exact) mass is 262 g/mol. The molecule has 0 aliphatic carbocycles. The van der Waals surface area contributed by atoms with Gasteiger partial charge in [0.25, 0.3) is 0 Å². The average Bonchev–Trinajstić information content (AvgIpc) is 2.81. The van der Waals surface area contributed by atoms with Gasteiger partial charge in [0.1, 0.15) is 0 Å². The van der Waals surface area contributed by atoms with Crippen molar-refractivity contribution in [3.05, 3.63) is 29.3 Å². The number of hydrogen-bond acceptors (Lipinski definition) is 3. The van der Waals surface area contributed by atoms with Crippen LogP contribution in [0.2, 0.25) is 0 Å². The summed E-state index contributed by atoms with van der Waals surface area (Å²) in [5.41, 5.74) is 3.49. The van der Waals surface area contributed by atoms with Crippen molar-refractivity contribution in [1.82, 2.24) is 4.90 Å². The Bertz CT molecular complexity index is 451. The molecule has 1 heterocycles. The van der Waals surface area contributed by atoms with Crippen LogP contribution in [-0.4, -0.2) is 38.1 Å². The second-order valence-electron chi connectivity index (χ2n) is 5.39. The predicted molar refractivity (Wildman–Crippen MR) is 76.3 cm³/mol. The number of nitrogens with zero attached hydrogens (tertiary/aromatic N) is 1. The van der Waals surface area contributed by atoms with Crippen LogP contribution in [0, 0.1) is 0 Å². The number of ether oxygens (including phenoxy) is 1. The SMILES string of the molecule is CC(=O)Nc1ccc(C2CCOC2)c(CN(C)C)c1. The van der Waals surface area contributed by atoms with E-state index in [1.165, 1.54) is 18.1 Å². The summed E-state index contributed by atoms with van der Waals surface area (Å²) in [7, 11) is 4.11. The predicted octanol–water partition coefficient (Wildman–Crippen LogP) is 2.21. The number of rotatable bonds is 4. The van der Waals surface area contributed by atoms with E-state index in [1.54, 1.807) is 0 Å². The molecule has 2 rings (SSSR count). The lowest BCUT2D eigenvalue weighted by molar-refractivity contribution is -0.114. The normalized spacial score (nSPS) is 18.8. The molecule has 1 N–H and O–H groups in total. The van der Waals surface area contributed by atoms with E-state index in [9.17, 15) is 4.79 Å². The van der Waals surface area contributed by atoms with E-state index in [0.29, 0.717) is 5.92 Å². The Morgan fingerprint density at radius 3 is 2.84 bits per heavy atom. The molecule has 0 spiro atoms. The van der Waals surface area contributed by atoms with Crippen LogP contribution in [-0.2, 0) is 16.1 Å². The summed E-state index contributed by atoms with van der Waals surface area (Å²) in [4.78, 5) is 13.3. The molecule has 1 amide bonds. The fourth-order valence-electron chi connectivity index (χ4n) is 2.54. The standard InChI is InChI=1S/C15H22N2O2/c1-11(18)16-14-4-5-15(12-6-7-19-10-12)13(8-14)9-17(2)3/h4-5,8,12H,6-7,9-10H2,1-3H3,(H,16,18). The van der Waals surface area contributed by atoms with Crippen LogP contribution in [0.1, 0.15) is 30.4 Å². The molecular formula is C15H22N2O2. The van der Waals surface area contributed by atoms with Crippen molar-refractivity contribution >= 4 is 11.6 Å². The van der Waals surface area contributed by atoms with Gasteiger partial charge in [0.05, 0.1) is 6.61 Å². The molecule has 1 aromatic carbocycles. The molecule has 19 heavy (non-hydrogen) atoms. The lowest BCUT2D eigenvalue weighted by Crippen LogP contribution is -2.15. The molecule has 1 fully saturated rings. The van der Waals surface area contributed by atoms with Crippen molar-refractivity contribution in [3.63, 3.8) is 0 Å². The lowest BCUT2D eigenvalue weighted by atomic mass is 9.93. The van der Waals surface area contributed by atoms with Gasteiger partial charge in [-0.3, -0.25) is 4.79 Å². The van der Waals surface area contributed by atoms with E-state index in [1.807, 2.05) is 6.07 Å². The van der Waals surface area contributed by atoms with Crippen molar-refractivity contribution in [1.29, 1.82) is 0 Å². The first-order valence-corrected chi connectivity index (χ1v) is 6.69. The van der Waals surface area contributed by atoms with Gasteiger partial charge in [0, 0.05) is 31.7 Å². The van der Waals surface area contributed by atoms with Crippen LogP contribution in [0.5, 0.6) is 0 Å². The fraction of sp³-hybridized carbons (Fsp3) is 0.533. The molecule has 104 valence electrons. The highest BCUT2D eigenvalue weighted by Crippen LogP contribution is 2.30. The number of anilines is 1. The summed E-state index contributed by atoms with van der Waals surface area (Å²) < 4.78 is 5.48. The van der Waals surface area contributed by atoms with Gasteiger partial charge in [0.2, 0.25) is 5.91 Å². The summed E-state index contributed by atoms with van der Waals surface area (Å²) in [6.07, 6.45) is 1.08. The molecule has 4 nitrogen and oxygen atoms in total. The molecule has 1 aliphatic heterocycles. The molecule has 4 heteroatoms. The third kappa shape index (κ3) is 3.78. The Labute approximate surface area is 114 Å². The summed E-state index contributed by atoms with van der Waals surface area (Å²) in [5.74, 6) is 0.453. The number of carbonyl (C=O) groups excluding carboxylic acids is 1. The summed E-state index contributed by atoms with van der Waals surface area (Å²) >= 11 is 0. The molecule has 1 atom stereocenters. The molecule has 0 aromatic heterocycles. The largest absolute Gasteiger partial charge is 0.381 e. The maximum atomic E-state index is 11.1. The molecule has 0 radical (unpaired) electrons. The fourth-order valence-corrected chi connectivity index (χ4v) is 2.54. The zero-order chi connectivity index (χ0) is 13.8. The van der Waals surface area contributed by atoms with Gasteiger partial charge in [0.15, 0.2) is 0 Å². The molecule has 1 saturated heterocycles. The first-order chi connectivity index (χ1) is 9.06. The highest BCUT2D eigenvalue weighted by atomic mass is 16.5. The first-order valence-electron chi connectivity index (χ1n) is 6.69. The van der Waals surface area contributed by atoms with Crippen LogP contribution in [0.3, 0.4) is 0 Å². The highest BCUT2D eigenvalue weighted by Gasteiger charge is 2.21. The number of benzene rings is 1. The van der Waals surface area contributed by atoms with Gasteiger partial charge < -0.3 is 15.0 Å². The topological polar surface area (TPSA) is 41.6 Å². The maximum Gasteiger partial charge on any atom is 0.221 e. The van der Waals surface area contributed by atoms with Gasteiger partial charge in [-0.1, -0.05) is 6.07 Å². The zero-order valence-corrected chi connectivity index (χ0v) is 11.9. The Balaban J connectivity index is 2.27. The van der Waals surface area contributed by atoms with Gasteiger partial charge in [-0.05, 0) is 43.8 Å². The van der Waals surface area contributed by atoms with Crippen LogP contribution >= 0.6 is 0 Å². The highest BCUT2D eigenvalue weighted by molar-refractivity contribution is 5.88. The molecule has 1 unspecified atom stereocenters. The maximum absolute atomic E-state index is 11.1. The zero-order valence-electron chi connectivity index (χ0n) is 11.9. The van der Waals surface area contributed by atoms with E-state index < -0.39 is 0 Å². The summed E-state index contributed by atoms with van der Waals surface area (Å²) in [5, 5.41) is 2.85. The lowest BCUT2D eigenvalue weighted by Gasteiger charge is -2.19. The minimum Gasteiger partial charge on any atom is -0.381 e. The molecule has 1 aromatic rings. The smallest absolute Gasteiger partial charge is 0.221 e. The Kier molecular flexibility index (Phi) is 4.56. The number of carbonyl (C=O) groups is 1. The summed E-state index contributed by atoms with van der Waals surface area (Å²) in [6.45, 7) is 4.06. The average molecular weight is 262 g/mol. The molecule has 1 aliphatic rings. The van der Waals surface area contributed by atoms with Crippen molar-refractivity contribution in [3.8, 4) is 0 Å². The van der Waals surface area contributed by atoms with Crippen LogP contribution in [0.15, 0.2) is 18.2 Å². The number of amides is 1. The van der Waals surface area contributed by atoms with E-state index in [-0.39, 0.29) is 5.91 Å². The number of hydrogen-bond donors (Lipinski definition) is 1. The van der Waals surface area contributed by atoms with Crippen molar-refractivity contribution < 1.29 is 9.53 Å².